The number of hydrogen-bond donors (Lipinski definition) is 1. The summed E-state index contributed by atoms with van der Waals surface area (Å²) in [5.74, 6) is -0.340. The maximum atomic E-state index is 14.0. The molecule has 0 saturated carbocycles. The first-order valence-electron chi connectivity index (χ1n) is 12.6. The Kier molecular flexibility index (Phi) is 10.9. The number of nitrogens with zero attached hydrogens (tertiary/aromatic N) is 2. The number of rotatable bonds is 13. The number of hydrogen-bond acceptors (Lipinski definition) is 5. The lowest BCUT2D eigenvalue weighted by molar-refractivity contribution is -0.140. The van der Waals surface area contributed by atoms with Gasteiger partial charge in [0, 0.05) is 30.0 Å². The average Bonchev–Trinajstić information content (AvgIpc) is 2.92. The third kappa shape index (κ3) is 8.83. The third-order valence-electron chi connectivity index (χ3n) is 6.08. The van der Waals surface area contributed by atoms with Crippen LogP contribution in [0.2, 0.25) is 0 Å². The van der Waals surface area contributed by atoms with Gasteiger partial charge in [0.25, 0.3) is 0 Å². The first-order valence-corrected chi connectivity index (χ1v) is 15.2. The van der Waals surface area contributed by atoms with Crippen molar-refractivity contribution in [2.45, 2.75) is 32.4 Å². The van der Waals surface area contributed by atoms with Crippen molar-refractivity contribution in [3.05, 3.63) is 94.5 Å². The van der Waals surface area contributed by atoms with Crippen LogP contribution in [-0.4, -0.2) is 57.6 Å². The molecule has 8 nitrogen and oxygen atoms in total. The van der Waals surface area contributed by atoms with Gasteiger partial charge in [-0.15, -0.1) is 0 Å². The topological polar surface area (TPSA) is 96.0 Å². The Morgan fingerprint density at radius 3 is 2.31 bits per heavy atom. The fraction of sp³-hybridized carbons (Fsp3) is 0.310. The van der Waals surface area contributed by atoms with Gasteiger partial charge >= 0.3 is 0 Å². The van der Waals surface area contributed by atoms with E-state index in [1.807, 2.05) is 61.5 Å². The van der Waals surface area contributed by atoms with E-state index in [0.717, 1.165) is 32.6 Å². The quantitative estimate of drug-likeness (QED) is 0.308. The van der Waals surface area contributed by atoms with Crippen molar-refractivity contribution < 1.29 is 22.7 Å². The maximum Gasteiger partial charge on any atom is 0.244 e. The molecule has 0 saturated heterocycles. The Bertz CT molecular complexity index is 1370. The lowest BCUT2D eigenvalue weighted by Gasteiger charge is -2.33. The van der Waals surface area contributed by atoms with Crippen LogP contribution in [0, 0.1) is 0 Å². The zero-order chi connectivity index (χ0) is 28.4. The predicted molar refractivity (Wildman–Crippen MR) is 157 cm³/mol. The highest BCUT2D eigenvalue weighted by Gasteiger charge is 2.33. The van der Waals surface area contributed by atoms with E-state index >= 15 is 0 Å². The molecule has 0 spiro atoms. The SMILES string of the molecule is CCCNC(=O)C(Cc1ccccc1)N(Cc1cccc(Br)c1)C(=O)CN(c1cccc(OC)c1)S(C)(=O)=O. The number of methoxy groups -OCH3 is 1. The summed E-state index contributed by atoms with van der Waals surface area (Å²) >= 11 is 3.47. The number of nitrogens with one attached hydrogen (secondary N) is 1. The molecule has 3 rings (SSSR count). The number of ether oxygens (including phenoxy) is 1. The first-order chi connectivity index (χ1) is 18.6. The number of carbonyl (C=O) groups excluding carboxylic acids is 2. The van der Waals surface area contributed by atoms with Crippen LogP contribution >= 0.6 is 15.9 Å². The summed E-state index contributed by atoms with van der Waals surface area (Å²) in [6, 6.07) is 22.6. The molecule has 1 atom stereocenters. The number of sulfonamides is 1. The second-order valence-electron chi connectivity index (χ2n) is 9.12. The second kappa shape index (κ2) is 14.1. The first kappa shape index (κ1) is 30.2. The van der Waals surface area contributed by atoms with E-state index in [-0.39, 0.29) is 18.9 Å². The van der Waals surface area contributed by atoms with Gasteiger partial charge in [-0.1, -0.05) is 71.4 Å². The van der Waals surface area contributed by atoms with Crippen molar-refractivity contribution in [3.8, 4) is 5.75 Å². The van der Waals surface area contributed by atoms with Crippen LogP contribution in [0.15, 0.2) is 83.3 Å². The number of amides is 2. The van der Waals surface area contributed by atoms with E-state index in [9.17, 15) is 18.0 Å². The molecule has 1 N–H and O–H groups in total. The number of anilines is 1. The zero-order valence-corrected chi connectivity index (χ0v) is 24.7. The monoisotopic (exact) mass is 615 g/mol. The van der Waals surface area contributed by atoms with Crippen molar-refractivity contribution in [2.24, 2.45) is 0 Å². The summed E-state index contributed by atoms with van der Waals surface area (Å²) in [5.41, 5.74) is 1.97. The summed E-state index contributed by atoms with van der Waals surface area (Å²) in [5, 5.41) is 2.93. The highest BCUT2D eigenvalue weighted by atomic mass is 79.9. The van der Waals surface area contributed by atoms with Crippen molar-refractivity contribution in [3.63, 3.8) is 0 Å². The fourth-order valence-electron chi connectivity index (χ4n) is 4.13. The van der Waals surface area contributed by atoms with E-state index in [2.05, 4.69) is 21.2 Å². The van der Waals surface area contributed by atoms with Crippen LogP contribution in [-0.2, 0) is 32.6 Å². The highest BCUT2D eigenvalue weighted by Crippen LogP contribution is 2.24. The molecule has 0 bridgehead atoms. The molecule has 39 heavy (non-hydrogen) atoms. The van der Waals surface area contributed by atoms with Crippen LogP contribution < -0.4 is 14.4 Å². The summed E-state index contributed by atoms with van der Waals surface area (Å²) in [6.45, 7) is 2.05. The van der Waals surface area contributed by atoms with Crippen LogP contribution in [0.25, 0.3) is 0 Å². The molecule has 0 aliphatic rings. The molecule has 3 aromatic rings. The number of carbonyl (C=O) groups is 2. The number of halogens is 1. The minimum atomic E-state index is -3.85. The molecule has 2 amide bonds. The van der Waals surface area contributed by atoms with Gasteiger partial charge in [0.2, 0.25) is 21.8 Å². The molecule has 0 radical (unpaired) electrons. The van der Waals surface area contributed by atoms with E-state index in [1.165, 1.54) is 12.0 Å². The molecular formula is C29H34BrN3O5S. The van der Waals surface area contributed by atoms with Gasteiger partial charge in [-0.25, -0.2) is 8.42 Å². The van der Waals surface area contributed by atoms with Gasteiger partial charge in [0.05, 0.1) is 19.1 Å². The van der Waals surface area contributed by atoms with E-state index < -0.39 is 28.5 Å². The van der Waals surface area contributed by atoms with Crippen molar-refractivity contribution in [1.82, 2.24) is 10.2 Å². The fourth-order valence-corrected chi connectivity index (χ4v) is 5.42. The summed E-state index contributed by atoms with van der Waals surface area (Å²) in [4.78, 5) is 29.0. The second-order valence-corrected chi connectivity index (χ2v) is 11.9. The van der Waals surface area contributed by atoms with E-state index in [1.54, 1.807) is 24.3 Å². The molecule has 0 aromatic heterocycles. The van der Waals surface area contributed by atoms with Crippen molar-refractivity contribution >= 4 is 43.5 Å². The predicted octanol–water partition coefficient (Wildman–Crippen LogP) is 4.39. The summed E-state index contributed by atoms with van der Waals surface area (Å²) < 4.78 is 32.8. The van der Waals surface area contributed by atoms with Crippen molar-refractivity contribution in [1.29, 1.82) is 0 Å². The molecule has 1 unspecified atom stereocenters. The molecule has 10 heteroatoms. The molecule has 208 valence electrons. The molecule has 0 heterocycles. The molecule has 3 aromatic carbocycles. The Balaban J connectivity index is 2.04. The molecular weight excluding hydrogens is 582 g/mol. The lowest BCUT2D eigenvalue weighted by Crippen LogP contribution is -2.53. The smallest absolute Gasteiger partial charge is 0.244 e. The normalized spacial score (nSPS) is 11.9. The van der Waals surface area contributed by atoms with E-state index in [0.29, 0.717) is 18.0 Å². The van der Waals surface area contributed by atoms with Crippen LogP contribution in [0.4, 0.5) is 5.69 Å². The highest BCUT2D eigenvalue weighted by molar-refractivity contribution is 9.10. The third-order valence-corrected chi connectivity index (χ3v) is 7.72. The Morgan fingerprint density at radius 2 is 1.67 bits per heavy atom. The van der Waals surface area contributed by atoms with Gasteiger partial charge in [-0.05, 0) is 41.8 Å². The Morgan fingerprint density at radius 1 is 0.974 bits per heavy atom. The van der Waals surface area contributed by atoms with Gasteiger partial charge in [0.1, 0.15) is 18.3 Å². The van der Waals surface area contributed by atoms with Gasteiger partial charge in [0.15, 0.2) is 0 Å². The standard InChI is InChI=1S/C29H34BrN3O5S/c1-4-16-31-29(35)27(18-22-10-6-5-7-11-22)32(20-23-12-8-13-24(30)17-23)28(34)21-33(39(3,36)37)25-14-9-15-26(19-25)38-2/h5-15,17,19,27H,4,16,18,20-21H2,1-3H3,(H,31,35). The van der Waals surface area contributed by atoms with E-state index in [4.69, 9.17) is 4.74 Å². The number of benzene rings is 3. The van der Waals surface area contributed by atoms with Crippen LogP contribution in [0.3, 0.4) is 0 Å². The van der Waals surface area contributed by atoms with Gasteiger partial charge in [-0.2, -0.15) is 0 Å². The zero-order valence-electron chi connectivity index (χ0n) is 22.3. The minimum absolute atomic E-state index is 0.116. The van der Waals surface area contributed by atoms with Gasteiger partial charge in [-0.3, -0.25) is 13.9 Å². The average molecular weight is 617 g/mol. The maximum absolute atomic E-state index is 14.0. The van der Waals surface area contributed by atoms with Crippen molar-refractivity contribution in [2.75, 3.05) is 30.8 Å². The molecule has 0 aliphatic carbocycles. The van der Waals surface area contributed by atoms with Gasteiger partial charge < -0.3 is 15.0 Å². The lowest BCUT2D eigenvalue weighted by atomic mass is 10.0. The van der Waals surface area contributed by atoms with Crippen LogP contribution in [0.1, 0.15) is 24.5 Å². The largest absolute Gasteiger partial charge is 0.497 e. The summed E-state index contributed by atoms with van der Waals surface area (Å²) in [7, 11) is -2.36. The Labute approximate surface area is 239 Å². The summed E-state index contributed by atoms with van der Waals surface area (Å²) in [6.07, 6.45) is 2.06. The minimum Gasteiger partial charge on any atom is -0.497 e. The molecule has 0 aliphatic heterocycles. The molecule has 0 fully saturated rings. The Hall–Kier alpha value is -3.37. The van der Waals surface area contributed by atoms with Crippen LogP contribution in [0.5, 0.6) is 5.75 Å².